The fourth-order valence-corrected chi connectivity index (χ4v) is 6.87. The highest BCUT2D eigenvalue weighted by molar-refractivity contribution is 5.91. The normalized spacial score (nSPS) is 43.5. The van der Waals surface area contributed by atoms with Gasteiger partial charge in [0.25, 0.3) is 0 Å². The molecule has 3 aliphatic carbocycles. The summed E-state index contributed by atoms with van der Waals surface area (Å²) in [6.07, 6.45) is 12.7. The minimum Gasteiger partial charge on any atom is -0.325 e. The average Bonchev–Trinajstić information content (AvgIpc) is 2.55. The maximum atomic E-state index is 11.9. The highest BCUT2D eigenvalue weighted by Gasteiger charge is 2.58. The van der Waals surface area contributed by atoms with Crippen molar-refractivity contribution in [2.75, 3.05) is 0 Å². The van der Waals surface area contributed by atoms with Gasteiger partial charge in [0.15, 0.2) is 5.78 Å². The largest absolute Gasteiger partial charge is 0.325 e. The van der Waals surface area contributed by atoms with Crippen LogP contribution in [0.4, 0.5) is 0 Å². The SMILES string of the molecule is C=CC[C@@](C)(N)[C@@]1(C)CC[C@H]2[C@@H](CCC3=CC(=O)CC[C@@]32C)[C@@H]1CC. The van der Waals surface area contributed by atoms with Gasteiger partial charge >= 0.3 is 0 Å². The molecule has 3 rings (SSSR count). The second kappa shape index (κ2) is 6.37. The van der Waals surface area contributed by atoms with Crippen molar-refractivity contribution in [1.82, 2.24) is 0 Å². The van der Waals surface area contributed by atoms with Gasteiger partial charge in [-0.2, -0.15) is 0 Å². The number of allylic oxidation sites excluding steroid dienone is 2. The fourth-order valence-electron chi connectivity index (χ4n) is 6.87. The van der Waals surface area contributed by atoms with E-state index in [4.69, 9.17) is 5.73 Å². The van der Waals surface area contributed by atoms with Gasteiger partial charge in [-0.1, -0.05) is 38.8 Å². The van der Waals surface area contributed by atoms with Gasteiger partial charge in [0.05, 0.1) is 0 Å². The van der Waals surface area contributed by atoms with Crippen LogP contribution < -0.4 is 5.73 Å². The van der Waals surface area contributed by atoms with Crippen LogP contribution in [0, 0.1) is 28.6 Å². The molecule has 0 spiro atoms. The number of fused-ring (bicyclic) bond motifs is 3. The van der Waals surface area contributed by atoms with Gasteiger partial charge in [-0.15, -0.1) is 6.58 Å². The van der Waals surface area contributed by atoms with E-state index in [9.17, 15) is 4.79 Å². The molecule has 2 saturated carbocycles. The van der Waals surface area contributed by atoms with Crippen LogP contribution in [-0.2, 0) is 4.79 Å². The molecule has 0 bridgehead atoms. The molecule has 0 radical (unpaired) electrons. The number of rotatable bonds is 4. The number of carbonyl (C=O) groups excluding carboxylic acids is 1. The van der Waals surface area contributed by atoms with Crippen LogP contribution in [0.3, 0.4) is 0 Å². The van der Waals surface area contributed by atoms with Crippen LogP contribution in [0.15, 0.2) is 24.3 Å². The van der Waals surface area contributed by atoms with Gasteiger partial charge in [-0.05, 0) is 80.1 Å². The first kappa shape index (κ1) is 18.9. The molecule has 25 heavy (non-hydrogen) atoms. The minimum atomic E-state index is -0.194. The molecule has 6 atom stereocenters. The fraction of sp³-hybridized carbons (Fsp3) is 0.783. The highest BCUT2D eigenvalue weighted by Crippen LogP contribution is 2.64. The second-order valence-corrected chi connectivity index (χ2v) is 9.74. The standard InChI is InChI=1S/C23H37NO/c1-6-12-23(5,24)22(4)14-11-20-18(19(22)7-2)9-8-16-15-17(25)10-13-21(16,20)3/h6,15,18-20H,1,7-14,24H2,2-5H3/t18-,19-,20-,21-,22-,23+/m0/s1. The Balaban J connectivity index is 1.95. The predicted octanol–water partition coefficient (Wildman–Crippen LogP) is 5.43. The predicted molar refractivity (Wildman–Crippen MR) is 105 cm³/mol. The van der Waals surface area contributed by atoms with Gasteiger partial charge in [0, 0.05) is 12.0 Å². The third kappa shape index (κ3) is 2.76. The summed E-state index contributed by atoms with van der Waals surface area (Å²) < 4.78 is 0. The van der Waals surface area contributed by atoms with Crippen LogP contribution in [0.2, 0.25) is 0 Å². The molecular formula is C23H37NO. The summed E-state index contributed by atoms with van der Waals surface area (Å²) in [5, 5.41) is 0. The number of hydrogen-bond acceptors (Lipinski definition) is 2. The van der Waals surface area contributed by atoms with Crippen molar-refractivity contribution >= 4 is 5.78 Å². The van der Waals surface area contributed by atoms with E-state index in [1.54, 1.807) is 0 Å². The quantitative estimate of drug-likeness (QED) is 0.692. The Kier molecular flexibility index (Phi) is 4.81. The Morgan fingerprint density at radius 2 is 2.04 bits per heavy atom. The number of carbonyl (C=O) groups is 1. The molecule has 2 nitrogen and oxygen atoms in total. The minimum absolute atomic E-state index is 0.166. The van der Waals surface area contributed by atoms with E-state index in [0.717, 1.165) is 37.5 Å². The molecule has 2 N–H and O–H groups in total. The smallest absolute Gasteiger partial charge is 0.155 e. The molecule has 0 aliphatic heterocycles. The summed E-state index contributed by atoms with van der Waals surface area (Å²) in [6.45, 7) is 13.4. The maximum absolute atomic E-state index is 11.9. The van der Waals surface area contributed by atoms with Gasteiger partial charge in [-0.25, -0.2) is 0 Å². The Hall–Kier alpha value is -0.890. The van der Waals surface area contributed by atoms with Gasteiger partial charge < -0.3 is 5.73 Å². The molecule has 3 aliphatic rings. The Bertz CT molecular complexity index is 589. The summed E-state index contributed by atoms with van der Waals surface area (Å²) >= 11 is 0. The molecule has 0 heterocycles. The molecule has 0 aromatic carbocycles. The topological polar surface area (TPSA) is 43.1 Å². The lowest BCUT2D eigenvalue weighted by Gasteiger charge is -2.62. The van der Waals surface area contributed by atoms with E-state index >= 15 is 0 Å². The molecular weight excluding hydrogens is 306 g/mol. The molecule has 0 amide bonds. The third-order valence-electron chi connectivity index (χ3n) is 8.66. The van der Waals surface area contributed by atoms with Crippen molar-refractivity contribution in [2.24, 2.45) is 34.3 Å². The summed E-state index contributed by atoms with van der Waals surface area (Å²) in [5.74, 6) is 2.47. The molecule has 0 unspecified atom stereocenters. The van der Waals surface area contributed by atoms with Crippen molar-refractivity contribution in [3.8, 4) is 0 Å². The summed E-state index contributed by atoms with van der Waals surface area (Å²) in [4.78, 5) is 11.9. The average molecular weight is 344 g/mol. The van der Waals surface area contributed by atoms with Crippen molar-refractivity contribution in [2.45, 2.75) is 84.6 Å². The molecule has 140 valence electrons. The Morgan fingerprint density at radius 3 is 2.68 bits per heavy atom. The monoisotopic (exact) mass is 343 g/mol. The van der Waals surface area contributed by atoms with Crippen LogP contribution in [-0.4, -0.2) is 11.3 Å². The number of nitrogens with two attached hydrogens (primary N) is 1. The van der Waals surface area contributed by atoms with Gasteiger partial charge in [-0.3, -0.25) is 4.79 Å². The highest BCUT2D eigenvalue weighted by atomic mass is 16.1. The van der Waals surface area contributed by atoms with Crippen molar-refractivity contribution < 1.29 is 4.79 Å². The Morgan fingerprint density at radius 1 is 1.32 bits per heavy atom. The third-order valence-corrected chi connectivity index (χ3v) is 8.66. The van der Waals surface area contributed by atoms with Crippen LogP contribution in [0.1, 0.15) is 79.1 Å². The first-order chi connectivity index (χ1) is 11.7. The summed E-state index contributed by atoms with van der Waals surface area (Å²) in [5.41, 5.74) is 8.55. The van der Waals surface area contributed by atoms with E-state index in [-0.39, 0.29) is 16.4 Å². The van der Waals surface area contributed by atoms with E-state index in [1.165, 1.54) is 31.3 Å². The second-order valence-electron chi connectivity index (χ2n) is 9.74. The van der Waals surface area contributed by atoms with Crippen molar-refractivity contribution in [1.29, 1.82) is 0 Å². The van der Waals surface area contributed by atoms with E-state index < -0.39 is 0 Å². The summed E-state index contributed by atoms with van der Waals surface area (Å²) in [6, 6.07) is 0. The van der Waals surface area contributed by atoms with Crippen LogP contribution >= 0.6 is 0 Å². The lowest BCUT2D eigenvalue weighted by Crippen LogP contribution is -2.61. The first-order valence-electron chi connectivity index (χ1n) is 10.3. The molecule has 0 aromatic heterocycles. The van der Waals surface area contributed by atoms with E-state index in [1.807, 2.05) is 12.2 Å². The summed E-state index contributed by atoms with van der Waals surface area (Å²) in [7, 11) is 0. The van der Waals surface area contributed by atoms with Crippen LogP contribution in [0.25, 0.3) is 0 Å². The van der Waals surface area contributed by atoms with Gasteiger partial charge in [0.2, 0.25) is 0 Å². The molecule has 2 fully saturated rings. The molecule has 0 saturated heterocycles. The maximum Gasteiger partial charge on any atom is 0.155 e. The zero-order valence-corrected chi connectivity index (χ0v) is 16.7. The van der Waals surface area contributed by atoms with Crippen molar-refractivity contribution in [3.05, 3.63) is 24.3 Å². The lowest BCUT2D eigenvalue weighted by atomic mass is 9.44. The van der Waals surface area contributed by atoms with Gasteiger partial charge in [0.1, 0.15) is 0 Å². The number of hydrogen-bond donors (Lipinski definition) is 1. The number of ketones is 1. The zero-order chi connectivity index (χ0) is 18.5. The van der Waals surface area contributed by atoms with Crippen molar-refractivity contribution in [3.63, 3.8) is 0 Å². The van der Waals surface area contributed by atoms with E-state index in [0.29, 0.717) is 11.7 Å². The first-order valence-corrected chi connectivity index (χ1v) is 10.3. The zero-order valence-electron chi connectivity index (χ0n) is 16.7. The Labute approximate surface area is 154 Å². The van der Waals surface area contributed by atoms with E-state index in [2.05, 4.69) is 34.3 Å². The lowest BCUT2D eigenvalue weighted by molar-refractivity contribution is -0.118. The molecule has 0 aromatic rings. The molecule has 2 heteroatoms. The van der Waals surface area contributed by atoms with Crippen LogP contribution in [0.5, 0.6) is 0 Å².